The van der Waals surface area contributed by atoms with Crippen molar-refractivity contribution < 1.29 is 18.7 Å². The van der Waals surface area contributed by atoms with Crippen molar-refractivity contribution in [2.24, 2.45) is 0 Å². The van der Waals surface area contributed by atoms with Crippen LogP contribution >= 0.6 is 0 Å². The molecule has 2 aromatic carbocycles. The third kappa shape index (κ3) is 3.98. The molecule has 0 saturated heterocycles. The van der Waals surface area contributed by atoms with Crippen molar-refractivity contribution >= 4 is 17.6 Å². The Morgan fingerprint density at radius 3 is 2.25 bits per heavy atom. The molecule has 126 valence electrons. The van der Waals surface area contributed by atoms with Gasteiger partial charge in [-0.2, -0.15) is 0 Å². The number of nitrogens with one attached hydrogen (secondary N) is 1. The Labute approximate surface area is 140 Å². The van der Waals surface area contributed by atoms with Crippen molar-refractivity contribution in [2.75, 3.05) is 5.32 Å². The third-order valence-corrected chi connectivity index (χ3v) is 3.79. The zero-order valence-corrected chi connectivity index (χ0v) is 14.1. The van der Waals surface area contributed by atoms with Gasteiger partial charge in [0, 0.05) is 5.69 Å². The number of benzene rings is 2. The molecule has 0 unspecified atom stereocenters. The molecule has 0 aromatic heterocycles. The van der Waals surface area contributed by atoms with Crippen molar-refractivity contribution in [3.05, 3.63) is 64.5 Å². The topological polar surface area (TPSA) is 55.4 Å². The summed E-state index contributed by atoms with van der Waals surface area (Å²) >= 11 is 0. The first-order valence-corrected chi connectivity index (χ1v) is 7.64. The highest BCUT2D eigenvalue weighted by Gasteiger charge is 2.20. The summed E-state index contributed by atoms with van der Waals surface area (Å²) in [5.74, 6) is -1.66. The summed E-state index contributed by atoms with van der Waals surface area (Å²) < 4.78 is 18.7. The number of carbonyl (C=O) groups is 2. The second-order valence-electron chi connectivity index (χ2n) is 5.77. The van der Waals surface area contributed by atoms with Crippen LogP contribution in [0.4, 0.5) is 10.1 Å². The van der Waals surface area contributed by atoms with E-state index in [0.29, 0.717) is 11.3 Å². The minimum absolute atomic E-state index is 0.0739. The first-order valence-electron chi connectivity index (χ1n) is 7.64. The quantitative estimate of drug-likeness (QED) is 0.865. The number of para-hydroxylation sites is 1. The Balaban J connectivity index is 2.05. The fourth-order valence-corrected chi connectivity index (χ4v) is 2.24. The van der Waals surface area contributed by atoms with Crippen molar-refractivity contribution in [3.8, 4) is 0 Å². The summed E-state index contributed by atoms with van der Waals surface area (Å²) in [4.78, 5) is 24.3. The lowest BCUT2D eigenvalue weighted by Gasteiger charge is -2.16. The van der Waals surface area contributed by atoms with Crippen LogP contribution in [-0.4, -0.2) is 18.0 Å². The Morgan fingerprint density at radius 2 is 1.67 bits per heavy atom. The van der Waals surface area contributed by atoms with Gasteiger partial charge in [0.2, 0.25) is 0 Å². The van der Waals surface area contributed by atoms with E-state index in [1.165, 1.54) is 19.1 Å². The molecule has 2 rings (SSSR count). The van der Waals surface area contributed by atoms with Crippen molar-refractivity contribution in [1.82, 2.24) is 0 Å². The van der Waals surface area contributed by atoms with E-state index in [-0.39, 0.29) is 5.56 Å². The summed E-state index contributed by atoms with van der Waals surface area (Å²) in [5, 5.41) is 2.77. The van der Waals surface area contributed by atoms with Gasteiger partial charge in [-0.3, -0.25) is 4.79 Å². The van der Waals surface area contributed by atoms with E-state index in [4.69, 9.17) is 4.74 Å². The molecule has 0 radical (unpaired) electrons. The molecule has 4 nitrogen and oxygen atoms in total. The maximum atomic E-state index is 13.5. The number of rotatable bonds is 4. The number of halogens is 1. The van der Waals surface area contributed by atoms with Crippen molar-refractivity contribution in [1.29, 1.82) is 0 Å². The van der Waals surface area contributed by atoms with Gasteiger partial charge in [0.25, 0.3) is 5.91 Å². The highest BCUT2D eigenvalue weighted by Crippen LogP contribution is 2.20. The van der Waals surface area contributed by atoms with Gasteiger partial charge in [0.15, 0.2) is 6.10 Å². The van der Waals surface area contributed by atoms with Gasteiger partial charge in [-0.15, -0.1) is 0 Å². The SMILES string of the molecule is Cc1ccc(C(=O)O[C@H](C)C(=O)Nc2c(C)cccc2C)cc1F. The van der Waals surface area contributed by atoms with E-state index in [2.05, 4.69) is 5.32 Å². The lowest BCUT2D eigenvalue weighted by atomic mass is 10.1. The number of esters is 1. The maximum absolute atomic E-state index is 13.5. The second-order valence-corrected chi connectivity index (χ2v) is 5.77. The molecule has 5 heteroatoms. The molecule has 2 aromatic rings. The van der Waals surface area contributed by atoms with E-state index >= 15 is 0 Å². The first-order chi connectivity index (χ1) is 11.3. The fraction of sp³-hybridized carbons (Fsp3) is 0.263. The average molecular weight is 329 g/mol. The largest absolute Gasteiger partial charge is 0.449 e. The van der Waals surface area contributed by atoms with E-state index in [0.717, 1.165) is 17.2 Å². The standard InChI is InChI=1S/C19H20FNO3/c1-11-8-9-15(10-16(11)20)19(23)24-14(4)18(22)21-17-12(2)6-5-7-13(17)3/h5-10,14H,1-4H3,(H,21,22)/t14-/m1/s1. The van der Waals surface area contributed by atoms with Crippen molar-refractivity contribution in [2.45, 2.75) is 33.8 Å². The monoisotopic (exact) mass is 329 g/mol. The minimum atomic E-state index is -0.999. The number of aryl methyl sites for hydroxylation is 3. The van der Waals surface area contributed by atoms with Crippen LogP contribution in [0.3, 0.4) is 0 Å². The average Bonchev–Trinajstić information content (AvgIpc) is 2.53. The molecule has 0 fully saturated rings. The van der Waals surface area contributed by atoms with Gasteiger partial charge in [-0.1, -0.05) is 24.3 Å². The van der Waals surface area contributed by atoms with Crippen LogP contribution in [0.2, 0.25) is 0 Å². The number of carbonyl (C=O) groups excluding carboxylic acids is 2. The molecule has 0 aliphatic carbocycles. The fourth-order valence-electron chi connectivity index (χ4n) is 2.24. The predicted octanol–water partition coefficient (Wildman–Crippen LogP) is 3.93. The van der Waals surface area contributed by atoms with E-state index in [1.807, 2.05) is 32.0 Å². The Kier molecular flexibility index (Phi) is 5.34. The molecule has 0 aliphatic rings. The second kappa shape index (κ2) is 7.25. The third-order valence-electron chi connectivity index (χ3n) is 3.79. The van der Waals surface area contributed by atoms with Gasteiger partial charge in [0.05, 0.1) is 5.56 Å². The molecule has 1 atom stereocenters. The number of hydrogen-bond acceptors (Lipinski definition) is 3. The number of anilines is 1. The molecule has 0 bridgehead atoms. The van der Waals surface area contributed by atoms with Crippen LogP contribution in [-0.2, 0) is 9.53 Å². The molecule has 0 heterocycles. The van der Waals surface area contributed by atoms with Crippen LogP contribution in [0.25, 0.3) is 0 Å². The van der Waals surface area contributed by atoms with Crippen LogP contribution in [0.1, 0.15) is 34.0 Å². The van der Waals surface area contributed by atoms with Gasteiger partial charge in [-0.25, -0.2) is 9.18 Å². The number of hydrogen-bond donors (Lipinski definition) is 1. The summed E-state index contributed by atoms with van der Waals surface area (Å²) in [6.07, 6.45) is -0.999. The minimum Gasteiger partial charge on any atom is -0.449 e. The van der Waals surface area contributed by atoms with E-state index < -0.39 is 23.8 Å². The summed E-state index contributed by atoms with van der Waals surface area (Å²) in [5.41, 5.74) is 3.05. The van der Waals surface area contributed by atoms with Gasteiger partial charge >= 0.3 is 5.97 Å². The van der Waals surface area contributed by atoms with Crippen LogP contribution in [0.15, 0.2) is 36.4 Å². The summed E-state index contributed by atoms with van der Waals surface area (Å²) in [6.45, 7) is 6.85. The molecule has 0 aliphatic heterocycles. The first kappa shape index (κ1) is 17.7. The molecular weight excluding hydrogens is 309 g/mol. The molecule has 0 saturated carbocycles. The Morgan fingerprint density at radius 1 is 1.04 bits per heavy atom. The normalized spacial score (nSPS) is 11.7. The zero-order chi connectivity index (χ0) is 17.9. The van der Waals surface area contributed by atoms with Crippen molar-refractivity contribution in [3.63, 3.8) is 0 Å². The Hall–Kier alpha value is -2.69. The lowest BCUT2D eigenvalue weighted by molar-refractivity contribution is -0.123. The van der Waals surface area contributed by atoms with Gasteiger partial charge < -0.3 is 10.1 Å². The van der Waals surface area contributed by atoms with Crippen LogP contribution in [0.5, 0.6) is 0 Å². The Bertz CT molecular complexity index is 766. The summed E-state index contributed by atoms with van der Waals surface area (Å²) in [6, 6.07) is 9.73. The highest BCUT2D eigenvalue weighted by molar-refractivity contribution is 5.98. The number of ether oxygens (including phenoxy) is 1. The highest BCUT2D eigenvalue weighted by atomic mass is 19.1. The van der Waals surface area contributed by atoms with E-state index in [1.54, 1.807) is 6.92 Å². The molecule has 1 N–H and O–H groups in total. The predicted molar refractivity (Wildman–Crippen MR) is 90.6 cm³/mol. The van der Waals surface area contributed by atoms with Gasteiger partial charge in [-0.05, 0) is 56.5 Å². The van der Waals surface area contributed by atoms with Gasteiger partial charge in [0.1, 0.15) is 5.82 Å². The maximum Gasteiger partial charge on any atom is 0.339 e. The number of amides is 1. The lowest BCUT2D eigenvalue weighted by Crippen LogP contribution is -2.30. The molecule has 1 amide bonds. The summed E-state index contributed by atoms with van der Waals surface area (Å²) in [7, 11) is 0. The van der Waals surface area contributed by atoms with Crippen LogP contribution < -0.4 is 5.32 Å². The van der Waals surface area contributed by atoms with E-state index in [9.17, 15) is 14.0 Å². The molecular formula is C19H20FNO3. The smallest absolute Gasteiger partial charge is 0.339 e. The van der Waals surface area contributed by atoms with Crippen LogP contribution in [0, 0.1) is 26.6 Å². The molecule has 24 heavy (non-hydrogen) atoms. The zero-order valence-electron chi connectivity index (χ0n) is 14.1. The molecule has 0 spiro atoms.